The van der Waals surface area contributed by atoms with Crippen LogP contribution in [0.2, 0.25) is 0 Å². The molecule has 0 aliphatic carbocycles. The molecule has 0 fully saturated rings. The number of hydrogen-bond donors (Lipinski definition) is 2. The predicted molar refractivity (Wildman–Crippen MR) is 108 cm³/mol. The molecule has 140 valence electrons. The monoisotopic (exact) mass is 373 g/mol. The molecule has 28 heavy (non-hydrogen) atoms. The van der Waals surface area contributed by atoms with E-state index in [1.807, 2.05) is 30.3 Å². The molecule has 0 bridgehead atoms. The van der Waals surface area contributed by atoms with E-state index in [4.69, 9.17) is 0 Å². The molecule has 2 N–H and O–H groups in total. The molecule has 7 nitrogen and oxygen atoms in total. The highest BCUT2D eigenvalue weighted by Gasteiger charge is 2.09. The van der Waals surface area contributed by atoms with Gasteiger partial charge in [0.05, 0.1) is 17.4 Å². The van der Waals surface area contributed by atoms with E-state index in [2.05, 4.69) is 27.5 Å². The van der Waals surface area contributed by atoms with Gasteiger partial charge in [0.1, 0.15) is 6.54 Å². The van der Waals surface area contributed by atoms with Crippen LogP contribution in [0.4, 0.5) is 5.69 Å². The van der Waals surface area contributed by atoms with Crippen LogP contribution in [0.5, 0.6) is 0 Å². The Balaban J connectivity index is 1.53. The number of rotatable bonds is 5. The number of hydrogen-bond acceptors (Lipinski definition) is 4. The van der Waals surface area contributed by atoms with Crippen molar-refractivity contribution >= 4 is 22.5 Å². The van der Waals surface area contributed by atoms with E-state index in [1.54, 1.807) is 24.4 Å². The number of aromatic nitrogens is 4. The molecule has 0 aliphatic rings. The third-order valence-electron chi connectivity index (χ3n) is 4.54. The number of benzene rings is 2. The summed E-state index contributed by atoms with van der Waals surface area (Å²) in [5, 5.41) is 14.9. The zero-order chi connectivity index (χ0) is 19.5. The van der Waals surface area contributed by atoms with Crippen LogP contribution in [0, 0.1) is 0 Å². The second-order valence-corrected chi connectivity index (χ2v) is 6.49. The molecule has 0 spiro atoms. The highest BCUT2D eigenvalue weighted by atomic mass is 16.2. The van der Waals surface area contributed by atoms with Crippen molar-refractivity contribution in [3.63, 3.8) is 0 Å². The number of H-pyrrole nitrogens is 1. The summed E-state index contributed by atoms with van der Waals surface area (Å²) < 4.78 is 1.17. The molecule has 0 saturated carbocycles. The maximum absolute atomic E-state index is 12.4. The number of nitrogens with one attached hydrogen (secondary N) is 2. The minimum atomic E-state index is -0.327. The summed E-state index contributed by atoms with van der Waals surface area (Å²) in [4.78, 5) is 24.5. The van der Waals surface area contributed by atoms with E-state index in [0.717, 1.165) is 22.9 Å². The Morgan fingerprint density at radius 2 is 1.93 bits per heavy atom. The van der Waals surface area contributed by atoms with Crippen molar-refractivity contribution in [3.8, 4) is 11.3 Å². The van der Waals surface area contributed by atoms with Gasteiger partial charge in [0.25, 0.3) is 5.56 Å². The standard InChI is InChI=1S/C21H19N5O2/c1-2-14-3-5-15(6-4-14)18-9-10-21(28)26(25-18)13-20(27)23-17-8-7-16-12-22-24-19(16)11-17/h3-12H,2,13H2,1H3,(H,22,24)(H,23,27). The summed E-state index contributed by atoms with van der Waals surface area (Å²) in [6, 6.07) is 16.5. The molecule has 0 aliphatic heterocycles. The predicted octanol–water partition coefficient (Wildman–Crippen LogP) is 2.99. The van der Waals surface area contributed by atoms with Gasteiger partial charge in [-0.25, -0.2) is 4.68 Å². The van der Waals surface area contributed by atoms with E-state index in [0.29, 0.717) is 11.4 Å². The number of anilines is 1. The zero-order valence-electron chi connectivity index (χ0n) is 15.3. The normalized spacial score (nSPS) is 10.9. The number of carbonyl (C=O) groups excluding carboxylic acids is 1. The average molecular weight is 373 g/mol. The van der Waals surface area contributed by atoms with Gasteiger partial charge < -0.3 is 5.32 Å². The number of aromatic amines is 1. The lowest BCUT2D eigenvalue weighted by Crippen LogP contribution is -2.29. The first kappa shape index (κ1) is 17.7. The first-order valence-corrected chi connectivity index (χ1v) is 9.03. The van der Waals surface area contributed by atoms with Gasteiger partial charge in [-0.2, -0.15) is 10.2 Å². The van der Waals surface area contributed by atoms with Crippen molar-refractivity contribution in [2.75, 3.05) is 5.32 Å². The largest absolute Gasteiger partial charge is 0.324 e. The molecular formula is C21H19N5O2. The van der Waals surface area contributed by atoms with Crippen LogP contribution >= 0.6 is 0 Å². The van der Waals surface area contributed by atoms with Crippen molar-refractivity contribution in [3.05, 3.63) is 76.7 Å². The van der Waals surface area contributed by atoms with Gasteiger partial charge in [-0.1, -0.05) is 31.2 Å². The van der Waals surface area contributed by atoms with Crippen molar-refractivity contribution in [1.82, 2.24) is 20.0 Å². The SMILES string of the molecule is CCc1ccc(-c2ccc(=O)n(CC(=O)Nc3ccc4cn[nH]c4c3)n2)cc1. The molecule has 0 atom stereocenters. The first-order valence-electron chi connectivity index (χ1n) is 9.03. The molecule has 0 unspecified atom stereocenters. The Morgan fingerprint density at radius 3 is 2.71 bits per heavy atom. The third kappa shape index (κ3) is 3.68. The maximum Gasteiger partial charge on any atom is 0.267 e. The minimum Gasteiger partial charge on any atom is -0.324 e. The number of aryl methyl sites for hydroxylation is 1. The summed E-state index contributed by atoms with van der Waals surface area (Å²) in [6.45, 7) is 1.93. The summed E-state index contributed by atoms with van der Waals surface area (Å²) in [7, 11) is 0. The molecule has 2 aromatic heterocycles. The molecular weight excluding hydrogens is 354 g/mol. The molecule has 7 heteroatoms. The van der Waals surface area contributed by atoms with Crippen molar-refractivity contribution in [2.45, 2.75) is 19.9 Å². The van der Waals surface area contributed by atoms with Crippen molar-refractivity contribution < 1.29 is 4.79 Å². The van der Waals surface area contributed by atoms with E-state index in [1.165, 1.54) is 16.3 Å². The van der Waals surface area contributed by atoms with Gasteiger partial charge in [0.2, 0.25) is 5.91 Å². The minimum absolute atomic E-state index is 0.166. The van der Waals surface area contributed by atoms with Gasteiger partial charge in [0.15, 0.2) is 0 Å². The van der Waals surface area contributed by atoms with Crippen LogP contribution in [-0.4, -0.2) is 25.9 Å². The Bertz CT molecular complexity index is 1190. The number of carbonyl (C=O) groups is 1. The Hall–Kier alpha value is -3.74. The van der Waals surface area contributed by atoms with Crippen LogP contribution in [0.25, 0.3) is 22.2 Å². The smallest absolute Gasteiger partial charge is 0.267 e. The Labute approximate surface area is 161 Å². The first-order chi connectivity index (χ1) is 13.6. The van der Waals surface area contributed by atoms with Crippen LogP contribution in [0.15, 0.2) is 65.6 Å². The lowest BCUT2D eigenvalue weighted by Gasteiger charge is -2.09. The van der Waals surface area contributed by atoms with E-state index in [-0.39, 0.29) is 18.0 Å². The molecule has 4 rings (SSSR count). The van der Waals surface area contributed by atoms with Gasteiger partial charge in [0, 0.05) is 22.7 Å². The number of fused-ring (bicyclic) bond motifs is 1. The fourth-order valence-corrected chi connectivity index (χ4v) is 2.98. The summed E-state index contributed by atoms with van der Waals surface area (Å²) in [6.07, 6.45) is 2.67. The highest BCUT2D eigenvalue weighted by molar-refractivity contribution is 5.93. The lowest BCUT2D eigenvalue weighted by molar-refractivity contribution is -0.117. The summed E-state index contributed by atoms with van der Waals surface area (Å²) >= 11 is 0. The molecule has 0 radical (unpaired) electrons. The van der Waals surface area contributed by atoms with Gasteiger partial charge in [-0.05, 0) is 36.2 Å². The van der Waals surface area contributed by atoms with Gasteiger partial charge in [-0.15, -0.1) is 0 Å². The lowest BCUT2D eigenvalue weighted by atomic mass is 10.1. The topological polar surface area (TPSA) is 92.7 Å². The van der Waals surface area contributed by atoms with Crippen LogP contribution in [0.3, 0.4) is 0 Å². The maximum atomic E-state index is 12.4. The number of nitrogens with zero attached hydrogens (tertiary/aromatic N) is 3. The van der Waals surface area contributed by atoms with E-state index < -0.39 is 0 Å². The van der Waals surface area contributed by atoms with Gasteiger partial charge >= 0.3 is 0 Å². The zero-order valence-corrected chi connectivity index (χ0v) is 15.3. The molecule has 2 aromatic carbocycles. The van der Waals surface area contributed by atoms with Crippen LogP contribution < -0.4 is 10.9 Å². The molecule has 0 saturated heterocycles. The quantitative estimate of drug-likeness (QED) is 0.562. The van der Waals surface area contributed by atoms with Crippen LogP contribution in [0.1, 0.15) is 12.5 Å². The van der Waals surface area contributed by atoms with Gasteiger partial charge in [-0.3, -0.25) is 14.7 Å². The third-order valence-corrected chi connectivity index (χ3v) is 4.54. The van der Waals surface area contributed by atoms with E-state index in [9.17, 15) is 9.59 Å². The summed E-state index contributed by atoms with van der Waals surface area (Å²) in [5.74, 6) is -0.327. The molecule has 2 heterocycles. The molecule has 4 aromatic rings. The molecule has 1 amide bonds. The highest BCUT2D eigenvalue weighted by Crippen LogP contribution is 2.17. The van der Waals surface area contributed by atoms with Crippen molar-refractivity contribution in [2.24, 2.45) is 0 Å². The van der Waals surface area contributed by atoms with E-state index >= 15 is 0 Å². The average Bonchev–Trinajstić information content (AvgIpc) is 3.17. The Kier molecular flexibility index (Phi) is 4.72. The van der Waals surface area contributed by atoms with Crippen molar-refractivity contribution in [1.29, 1.82) is 0 Å². The second-order valence-electron chi connectivity index (χ2n) is 6.49. The second kappa shape index (κ2) is 7.48. The number of amides is 1. The Morgan fingerprint density at radius 1 is 1.11 bits per heavy atom. The fraction of sp³-hybridized carbons (Fsp3) is 0.143. The summed E-state index contributed by atoms with van der Waals surface area (Å²) in [5.41, 5.74) is 3.90. The fourth-order valence-electron chi connectivity index (χ4n) is 2.98. The van der Waals surface area contributed by atoms with Crippen LogP contribution in [-0.2, 0) is 17.8 Å².